The summed E-state index contributed by atoms with van der Waals surface area (Å²) in [5.74, 6) is 0.796. The molecule has 4 rings (SSSR count). The third-order valence-electron chi connectivity index (χ3n) is 5.10. The number of aliphatic imine (C=N–C) groups is 1. The molecule has 0 radical (unpaired) electrons. The number of nitrogens with zero attached hydrogens (tertiary/aromatic N) is 1. The summed E-state index contributed by atoms with van der Waals surface area (Å²) < 4.78 is 6.13. The molecule has 0 aliphatic carbocycles. The van der Waals surface area contributed by atoms with Crippen LogP contribution in [0, 0.1) is 0 Å². The van der Waals surface area contributed by atoms with Crippen molar-refractivity contribution in [3.8, 4) is 5.75 Å². The van der Waals surface area contributed by atoms with Crippen LogP contribution < -0.4 is 10.1 Å². The number of aromatic amines is 1. The summed E-state index contributed by atoms with van der Waals surface area (Å²) in [4.78, 5) is 8.13. The Hall–Kier alpha value is -3.37. The van der Waals surface area contributed by atoms with Crippen LogP contribution in [0.1, 0.15) is 43.3 Å². The van der Waals surface area contributed by atoms with Crippen LogP contribution >= 0.6 is 0 Å². The second-order valence-corrected chi connectivity index (χ2v) is 8.46. The van der Waals surface area contributed by atoms with Gasteiger partial charge >= 0.3 is 0 Å². The normalized spacial score (nSPS) is 13.8. The van der Waals surface area contributed by atoms with E-state index in [4.69, 9.17) is 4.74 Å². The van der Waals surface area contributed by atoms with Gasteiger partial charge in [-0.2, -0.15) is 0 Å². The Balaban J connectivity index is 1.56. The van der Waals surface area contributed by atoms with Gasteiger partial charge in [-0.05, 0) is 34.8 Å². The molecule has 1 aliphatic heterocycles. The van der Waals surface area contributed by atoms with Crippen LogP contribution in [0.25, 0.3) is 5.70 Å². The molecule has 0 unspecified atom stereocenters. The number of rotatable bonds is 6. The lowest BCUT2D eigenvalue weighted by molar-refractivity contribution is -0.483. The lowest BCUT2D eigenvalue weighted by Crippen LogP contribution is -2.72. The van der Waals surface area contributed by atoms with E-state index in [1.165, 1.54) is 5.56 Å². The van der Waals surface area contributed by atoms with Gasteiger partial charge in [-0.15, -0.1) is 0 Å². The summed E-state index contributed by atoms with van der Waals surface area (Å²) in [6.45, 7) is 7.16. The summed E-state index contributed by atoms with van der Waals surface area (Å²) in [6, 6.07) is 20.6. The average molecular weight is 399 g/mol. The standard InChI is InChI=1S/C26H27N3O/c1-26(2,3)20-11-13-21(14-12-20)28-17-24-25(30-18-19-8-5-4-6-9-19)16-23(29-24)22-10-7-15-27-22/h4-17,27,29H,18H2,1-3H3/p+1. The Kier molecular flexibility index (Phi) is 5.68. The molecule has 0 atom stereocenters. The van der Waals surface area contributed by atoms with Crippen LogP contribution in [0.5, 0.6) is 5.75 Å². The molecular weight excluding hydrogens is 370 g/mol. The maximum absolute atomic E-state index is 6.13. The van der Waals surface area contributed by atoms with E-state index in [2.05, 4.69) is 78.5 Å². The van der Waals surface area contributed by atoms with Crippen molar-refractivity contribution in [3.63, 3.8) is 0 Å². The van der Waals surface area contributed by atoms with Crippen molar-refractivity contribution in [1.82, 2.24) is 4.98 Å². The first kappa shape index (κ1) is 19.9. The van der Waals surface area contributed by atoms with Gasteiger partial charge < -0.3 is 9.72 Å². The van der Waals surface area contributed by atoms with Crippen LogP contribution in [0.2, 0.25) is 0 Å². The van der Waals surface area contributed by atoms with Crippen LogP contribution in [0.15, 0.2) is 84.0 Å². The lowest BCUT2D eigenvalue weighted by Gasteiger charge is -2.18. The molecule has 30 heavy (non-hydrogen) atoms. The number of allylic oxidation sites excluding steroid dienone is 2. The van der Waals surface area contributed by atoms with Crippen LogP contribution in [-0.4, -0.2) is 11.2 Å². The first-order valence-corrected chi connectivity index (χ1v) is 10.3. The van der Waals surface area contributed by atoms with Gasteiger partial charge in [0.05, 0.1) is 18.1 Å². The largest absolute Gasteiger partial charge is 0.487 e. The van der Waals surface area contributed by atoms with Gasteiger partial charge in [-0.25, -0.2) is 0 Å². The van der Waals surface area contributed by atoms with Gasteiger partial charge in [0.1, 0.15) is 23.7 Å². The van der Waals surface area contributed by atoms with E-state index in [0.29, 0.717) is 6.61 Å². The van der Waals surface area contributed by atoms with E-state index in [1.807, 2.05) is 42.8 Å². The molecule has 3 aromatic rings. The molecular formula is C26H28N3O+. The molecule has 3 N–H and O–H groups in total. The molecule has 4 nitrogen and oxygen atoms in total. The maximum Gasteiger partial charge on any atom is 0.158 e. The molecule has 0 bridgehead atoms. The first-order valence-electron chi connectivity index (χ1n) is 10.3. The molecule has 4 heteroatoms. The molecule has 0 spiro atoms. The zero-order chi connectivity index (χ0) is 21.0. The maximum atomic E-state index is 6.13. The van der Waals surface area contributed by atoms with Crippen molar-refractivity contribution in [2.45, 2.75) is 32.8 Å². The molecule has 2 aromatic carbocycles. The molecule has 0 amide bonds. The predicted molar refractivity (Wildman–Crippen MR) is 123 cm³/mol. The van der Waals surface area contributed by atoms with Crippen molar-refractivity contribution in [2.75, 3.05) is 0 Å². The summed E-state index contributed by atoms with van der Waals surface area (Å²) in [6.07, 6.45) is 7.99. The fraction of sp³-hybridized carbons (Fsp3) is 0.192. The summed E-state index contributed by atoms with van der Waals surface area (Å²) in [5.41, 5.74) is 6.50. The van der Waals surface area contributed by atoms with E-state index in [-0.39, 0.29) is 5.41 Å². The van der Waals surface area contributed by atoms with E-state index >= 15 is 0 Å². The molecule has 1 aromatic heterocycles. The minimum Gasteiger partial charge on any atom is -0.487 e. The highest BCUT2D eigenvalue weighted by Gasteiger charge is 2.16. The van der Waals surface area contributed by atoms with Gasteiger partial charge in [-0.3, -0.25) is 10.3 Å². The van der Waals surface area contributed by atoms with Gasteiger partial charge in [0.25, 0.3) is 0 Å². The number of ether oxygens (including phenoxy) is 1. The van der Waals surface area contributed by atoms with Crippen molar-refractivity contribution < 1.29 is 10.1 Å². The summed E-state index contributed by atoms with van der Waals surface area (Å²) >= 11 is 0. The highest BCUT2D eigenvalue weighted by atomic mass is 16.5. The Morgan fingerprint density at radius 1 is 1.03 bits per heavy atom. The van der Waals surface area contributed by atoms with E-state index < -0.39 is 0 Å². The zero-order valence-electron chi connectivity index (χ0n) is 17.7. The fourth-order valence-corrected chi connectivity index (χ4v) is 3.30. The van der Waals surface area contributed by atoms with Crippen LogP contribution in [0.4, 0.5) is 5.69 Å². The first-order chi connectivity index (χ1) is 14.5. The monoisotopic (exact) mass is 398 g/mol. The van der Waals surface area contributed by atoms with E-state index in [1.54, 1.807) is 0 Å². The van der Waals surface area contributed by atoms with Gasteiger partial charge in [-0.1, -0.05) is 63.2 Å². The molecule has 0 saturated heterocycles. The second-order valence-electron chi connectivity index (χ2n) is 8.46. The minimum atomic E-state index is 0.134. The van der Waals surface area contributed by atoms with Gasteiger partial charge in [0.2, 0.25) is 0 Å². The summed E-state index contributed by atoms with van der Waals surface area (Å²) in [5, 5.41) is 2.08. The third kappa shape index (κ3) is 4.78. The van der Waals surface area contributed by atoms with Crippen molar-refractivity contribution >= 4 is 17.6 Å². The molecule has 2 heterocycles. The third-order valence-corrected chi connectivity index (χ3v) is 5.10. The lowest BCUT2D eigenvalue weighted by atomic mass is 9.87. The Morgan fingerprint density at radius 2 is 1.80 bits per heavy atom. The molecule has 0 fully saturated rings. The Morgan fingerprint density at radius 3 is 2.47 bits per heavy atom. The zero-order valence-corrected chi connectivity index (χ0v) is 17.7. The number of aromatic nitrogens is 1. The SMILES string of the molecule is CC(C)(C)c1ccc(N=Cc2[nH]c(C3=CC=C[NH2+]3)cc2OCc2ccccc2)cc1. The molecule has 0 saturated carbocycles. The number of quaternary nitrogens is 1. The van der Waals surface area contributed by atoms with Crippen LogP contribution in [-0.2, 0) is 12.0 Å². The van der Waals surface area contributed by atoms with Gasteiger partial charge in [0.15, 0.2) is 5.70 Å². The highest BCUT2D eigenvalue weighted by Crippen LogP contribution is 2.26. The number of hydrogen-bond acceptors (Lipinski definition) is 2. The van der Waals surface area contributed by atoms with Crippen molar-refractivity contribution in [1.29, 1.82) is 0 Å². The topological polar surface area (TPSA) is 54.0 Å². The summed E-state index contributed by atoms with van der Waals surface area (Å²) in [7, 11) is 0. The number of nitrogens with two attached hydrogens (primary N) is 1. The van der Waals surface area contributed by atoms with E-state index in [0.717, 1.165) is 34.1 Å². The fourth-order valence-electron chi connectivity index (χ4n) is 3.30. The number of nitrogens with one attached hydrogen (secondary N) is 1. The predicted octanol–water partition coefficient (Wildman–Crippen LogP) is 5.07. The van der Waals surface area contributed by atoms with Crippen molar-refractivity contribution in [3.05, 3.63) is 102 Å². The Bertz CT molecular complexity index is 1080. The van der Waals surface area contributed by atoms with E-state index in [9.17, 15) is 0 Å². The highest BCUT2D eigenvalue weighted by molar-refractivity contribution is 5.85. The number of H-pyrrole nitrogens is 1. The van der Waals surface area contributed by atoms with Gasteiger partial charge in [0, 0.05) is 12.1 Å². The van der Waals surface area contributed by atoms with Crippen molar-refractivity contribution in [2.24, 2.45) is 4.99 Å². The number of benzene rings is 2. The average Bonchev–Trinajstić information content (AvgIpc) is 3.41. The quantitative estimate of drug-likeness (QED) is 0.560. The smallest absolute Gasteiger partial charge is 0.158 e. The van der Waals surface area contributed by atoms with Crippen LogP contribution in [0.3, 0.4) is 0 Å². The Labute approximate surface area is 178 Å². The second kappa shape index (κ2) is 8.56. The minimum absolute atomic E-state index is 0.134. The molecule has 1 aliphatic rings. The molecule has 152 valence electrons. The number of hydrogen-bond donors (Lipinski definition) is 2.